The van der Waals surface area contributed by atoms with Gasteiger partial charge in [-0.3, -0.25) is 14.4 Å². The summed E-state index contributed by atoms with van der Waals surface area (Å²) in [7, 11) is 4.58. The molecule has 0 radical (unpaired) electrons. The molecular weight excluding hydrogens is 479 g/mol. The maximum absolute atomic E-state index is 13.9. The molecule has 3 aromatic rings. The number of ether oxygens (including phenoxy) is 3. The lowest BCUT2D eigenvalue weighted by atomic mass is 10.1. The van der Waals surface area contributed by atoms with Gasteiger partial charge in [0.05, 0.1) is 33.4 Å². The summed E-state index contributed by atoms with van der Waals surface area (Å²) < 4.78 is 29.7. The monoisotopic (exact) mass is 506 g/mol. The molecule has 192 valence electrons. The highest BCUT2D eigenvalue weighted by atomic mass is 19.1. The number of methoxy groups -OCH3 is 3. The van der Waals surface area contributed by atoms with Gasteiger partial charge in [0, 0.05) is 12.1 Å². The molecule has 1 fully saturated rings. The van der Waals surface area contributed by atoms with E-state index in [1.165, 1.54) is 44.4 Å². The minimum absolute atomic E-state index is 0.0930. The van der Waals surface area contributed by atoms with Crippen LogP contribution in [0.2, 0.25) is 0 Å². The van der Waals surface area contributed by atoms with Gasteiger partial charge in [0.15, 0.2) is 11.5 Å². The van der Waals surface area contributed by atoms with Crippen LogP contribution in [-0.2, 0) is 16.0 Å². The Morgan fingerprint density at radius 2 is 1.68 bits per heavy atom. The molecule has 0 saturated carbocycles. The summed E-state index contributed by atoms with van der Waals surface area (Å²) in [6.07, 6.45) is 0.180. The SMILES string of the molecule is COc1ccc(N2C(=O)CC(N(CCc3ccc(OC)c(OC)c3)C(=O)c3cccc(F)c3)C2=O)cc1. The fourth-order valence-electron chi connectivity index (χ4n) is 4.33. The number of amides is 3. The molecule has 8 nitrogen and oxygen atoms in total. The average Bonchev–Trinajstić information content (AvgIpc) is 3.21. The van der Waals surface area contributed by atoms with Crippen LogP contribution in [0.15, 0.2) is 66.7 Å². The zero-order valence-corrected chi connectivity index (χ0v) is 20.8. The molecule has 0 spiro atoms. The van der Waals surface area contributed by atoms with Crippen LogP contribution < -0.4 is 19.1 Å². The van der Waals surface area contributed by atoms with Crippen LogP contribution in [0.4, 0.5) is 10.1 Å². The first-order valence-electron chi connectivity index (χ1n) is 11.6. The molecule has 1 heterocycles. The summed E-state index contributed by atoms with van der Waals surface area (Å²) in [5, 5.41) is 0. The Kier molecular flexibility index (Phi) is 7.71. The second kappa shape index (κ2) is 11.1. The van der Waals surface area contributed by atoms with E-state index in [0.717, 1.165) is 16.5 Å². The number of carbonyl (C=O) groups excluding carboxylic acids is 3. The number of hydrogen-bond donors (Lipinski definition) is 0. The van der Waals surface area contributed by atoms with E-state index in [9.17, 15) is 18.8 Å². The number of anilines is 1. The van der Waals surface area contributed by atoms with Crippen molar-refractivity contribution in [2.45, 2.75) is 18.9 Å². The highest BCUT2D eigenvalue weighted by Gasteiger charge is 2.44. The predicted molar refractivity (Wildman–Crippen MR) is 135 cm³/mol. The summed E-state index contributed by atoms with van der Waals surface area (Å²) in [6.45, 7) is 0.116. The Morgan fingerprint density at radius 1 is 0.946 bits per heavy atom. The predicted octanol–water partition coefficient (Wildman–Crippen LogP) is 3.87. The molecule has 0 N–H and O–H groups in total. The molecule has 3 amide bonds. The van der Waals surface area contributed by atoms with Crippen LogP contribution in [-0.4, -0.2) is 56.5 Å². The van der Waals surface area contributed by atoms with Crippen LogP contribution >= 0.6 is 0 Å². The van der Waals surface area contributed by atoms with E-state index in [2.05, 4.69) is 0 Å². The largest absolute Gasteiger partial charge is 0.497 e. The molecule has 3 aromatic carbocycles. The standard InChI is InChI=1S/C28H27FN2O6/c1-35-22-10-8-21(9-11-22)31-26(32)17-23(28(31)34)30(27(33)19-5-4-6-20(29)16-19)14-13-18-7-12-24(36-2)25(15-18)37-3/h4-12,15-16,23H,13-14,17H2,1-3H3. The minimum atomic E-state index is -1.04. The molecule has 1 aliphatic rings. The maximum atomic E-state index is 13.9. The number of hydrogen-bond acceptors (Lipinski definition) is 6. The van der Waals surface area contributed by atoms with Crippen molar-refractivity contribution in [1.82, 2.24) is 4.90 Å². The first-order chi connectivity index (χ1) is 17.9. The summed E-state index contributed by atoms with van der Waals surface area (Å²) >= 11 is 0. The molecule has 0 bridgehead atoms. The lowest BCUT2D eigenvalue weighted by Gasteiger charge is -2.28. The number of halogens is 1. The zero-order valence-electron chi connectivity index (χ0n) is 20.8. The van der Waals surface area contributed by atoms with Gasteiger partial charge in [0.1, 0.15) is 17.6 Å². The normalized spacial score (nSPS) is 15.0. The fourth-order valence-corrected chi connectivity index (χ4v) is 4.33. The lowest BCUT2D eigenvalue weighted by Crippen LogP contribution is -2.46. The van der Waals surface area contributed by atoms with Gasteiger partial charge in [-0.25, -0.2) is 9.29 Å². The van der Waals surface area contributed by atoms with Crippen molar-refractivity contribution < 1.29 is 33.0 Å². The second-order valence-electron chi connectivity index (χ2n) is 8.43. The van der Waals surface area contributed by atoms with Crippen molar-refractivity contribution >= 4 is 23.4 Å². The summed E-state index contributed by atoms with van der Waals surface area (Å²) in [4.78, 5) is 42.4. The van der Waals surface area contributed by atoms with Crippen molar-refractivity contribution in [2.75, 3.05) is 32.8 Å². The summed E-state index contributed by atoms with van der Waals surface area (Å²) in [6, 6.07) is 16.1. The molecule has 1 aliphatic heterocycles. The summed E-state index contributed by atoms with van der Waals surface area (Å²) in [5.74, 6) is -0.388. The summed E-state index contributed by atoms with van der Waals surface area (Å²) in [5.41, 5.74) is 1.31. The van der Waals surface area contributed by atoms with Crippen LogP contribution in [0.1, 0.15) is 22.3 Å². The Morgan fingerprint density at radius 3 is 2.32 bits per heavy atom. The van der Waals surface area contributed by atoms with Crippen molar-refractivity contribution in [3.63, 3.8) is 0 Å². The van der Waals surface area contributed by atoms with Crippen LogP contribution in [0.3, 0.4) is 0 Å². The van der Waals surface area contributed by atoms with E-state index in [1.54, 1.807) is 36.4 Å². The number of imide groups is 1. The van der Waals surface area contributed by atoms with Gasteiger partial charge in [0.2, 0.25) is 5.91 Å². The van der Waals surface area contributed by atoms with Crippen molar-refractivity contribution in [2.24, 2.45) is 0 Å². The topological polar surface area (TPSA) is 85.4 Å². The fraction of sp³-hybridized carbons (Fsp3) is 0.250. The zero-order chi connectivity index (χ0) is 26.5. The molecule has 0 aliphatic carbocycles. The van der Waals surface area contributed by atoms with Crippen LogP contribution in [0.5, 0.6) is 17.2 Å². The van der Waals surface area contributed by atoms with Gasteiger partial charge in [0.25, 0.3) is 11.8 Å². The minimum Gasteiger partial charge on any atom is -0.497 e. The molecule has 4 rings (SSSR count). The first-order valence-corrected chi connectivity index (χ1v) is 11.6. The van der Waals surface area contributed by atoms with E-state index in [-0.39, 0.29) is 18.5 Å². The van der Waals surface area contributed by atoms with Gasteiger partial charge in [-0.2, -0.15) is 0 Å². The molecule has 1 atom stereocenters. The van der Waals surface area contributed by atoms with Gasteiger partial charge >= 0.3 is 0 Å². The number of carbonyl (C=O) groups is 3. The van der Waals surface area contributed by atoms with E-state index in [1.807, 2.05) is 6.07 Å². The average molecular weight is 507 g/mol. The highest BCUT2D eigenvalue weighted by Crippen LogP contribution is 2.30. The van der Waals surface area contributed by atoms with E-state index in [0.29, 0.717) is 29.4 Å². The number of benzene rings is 3. The van der Waals surface area contributed by atoms with Gasteiger partial charge in [-0.1, -0.05) is 12.1 Å². The van der Waals surface area contributed by atoms with Crippen molar-refractivity contribution in [1.29, 1.82) is 0 Å². The quantitative estimate of drug-likeness (QED) is 0.410. The highest BCUT2D eigenvalue weighted by molar-refractivity contribution is 6.23. The van der Waals surface area contributed by atoms with E-state index >= 15 is 0 Å². The number of rotatable bonds is 9. The molecule has 1 saturated heterocycles. The van der Waals surface area contributed by atoms with Gasteiger partial charge < -0.3 is 19.1 Å². The second-order valence-corrected chi connectivity index (χ2v) is 8.43. The Balaban J connectivity index is 1.63. The smallest absolute Gasteiger partial charge is 0.257 e. The van der Waals surface area contributed by atoms with E-state index < -0.39 is 29.6 Å². The lowest BCUT2D eigenvalue weighted by molar-refractivity contribution is -0.122. The Bertz CT molecular complexity index is 1310. The third-order valence-electron chi connectivity index (χ3n) is 6.25. The third-order valence-corrected chi connectivity index (χ3v) is 6.25. The van der Waals surface area contributed by atoms with E-state index in [4.69, 9.17) is 14.2 Å². The molecule has 1 unspecified atom stereocenters. The van der Waals surface area contributed by atoms with Gasteiger partial charge in [-0.05, 0) is 66.6 Å². The molecule has 37 heavy (non-hydrogen) atoms. The van der Waals surface area contributed by atoms with Crippen molar-refractivity contribution in [3.05, 3.63) is 83.7 Å². The first kappa shape index (κ1) is 25.7. The number of nitrogens with zero attached hydrogens (tertiary/aromatic N) is 2. The van der Waals surface area contributed by atoms with Crippen molar-refractivity contribution in [3.8, 4) is 17.2 Å². The third kappa shape index (κ3) is 5.40. The molecular formula is C28H27FN2O6. The van der Waals surface area contributed by atoms with Crippen LogP contribution in [0, 0.1) is 5.82 Å². The van der Waals surface area contributed by atoms with Gasteiger partial charge in [-0.15, -0.1) is 0 Å². The molecule has 0 aromatic heterocycles. The Hall–Kier alpha value is -4.40. The maximum Gasteiger partial charge on any atom is 0.257 e. The Labute approximate surface area is 214 Å². The van der Waals surface area contributed by atoms with Crippen LogP contribution in [0.25, 0.3) is 0 Å². The molecule has 9 heteroatoms.